The summed E-state index contributed by atoms with van der Waals surface area (Å²) in [5, 5.41) is 8.57. The fraction of sp³-hybridized carbons (Fsp3) is 0.500. The number of anilines is 2. The molecule has 2 aromatic heterocycles. The van der Waals surface area contributed by atoms with E-state index in [1.165, 1.54) is 0 Å². The number of sulfonamides is 1. The zero-order valence-corrected chi connectivity index (χ0v) is 23.7. The Balaban J connectivity index is 1.72. The van der Waals surface area contributed by atoms with E-state index >= 15 is 0 Å². The first-order valence-corrected chi connectivity index (χ1v) is 14.8. The summed E-state index contributed by atoms with van der Waals surface area (Å²) < 4.78 is 38.8. The van der Waals surface area contributed by atoms with Gasteiger partial charge in [-0.3, -0.25) is 4.72 Å². The van der Waals surface area contributed by atoms with Gasteiger partial charge in [0.1, 0.15) is 5.82 Å². The van der Waals surface area contributed by atoms with Gasteiger partial charge in [-0.25, -0.2) is 13.4 Å². The molecule has 3 N–H and O–H groups in total. The van der Waals surface area contributed by atoms with Crippen LogP contribution in [0.5, 0.6) is 0 Å². The minimum absolute atomic E-state index is 0.0149. The van der Waals surface area contributed by atoms with E-state index in [1.54, 1.807) is 20.1 Å². The number of benzene rings is 1. The molecule has 0 radical (unpaired) electrons. The fourth-order valence-corrected chi connectivity index (χ4v) is 5.07. The van der Waals surface area contributed by atoms with Crippen LogP contribution in [0.3, 0.4) is 0 Å². The van der Waals surface area contributed by atoms with E-state index in [0.717, 1.165) is 18.5 Å². The summed E-state index contributed by atoms with van der Waals surface area (Å²) in [6.07, 6.45) is 1.13. The number of aromatic nitrogens is 3. The van der Waals surface area contributed by atoms with Crippen molar-refractivity contribution in [2.75, 3.05) is 42.2 Å². The molecule has 1 fully saturated rings. The van der Waals surface area contributed by atoms with Gasteiger partial charge >= 0.3 is 0 Å². The number of ether oxygens (including phenoxy) is 1. The van der Waals surface area contributed by atoms with Crippen molar-refractivity contribution in [3.63, 3.8) is 0 Å². The number of pyridine rings is 1. The molecule has 38 heavy (non-hydrogen) atoms. The molecule has 0 saturated heterocycles. The highest BCUT2D eigenvalue weighted by Gasteiger charge is 2.35. The topological polar surface area (TPSA) is 136 Å². The quantitative estimate of drug-likeness (QED) is 0.309. The third-order valence-electron chi connectivity index (χ3n) is 6.98. The molecule has 0 aliphatic heterocycles. The van der Waals surface area contributed by atoms with Crippen molar-refractivity contribution in [3.05, 3.63) is 52.9 Å². The van der Waals surface area contributed by atoms with Crippen molar-refractivity contribution < 1.29 is 17.6 Å². The summed E-state index contributed by atoms with van der Waals surface area (Å²) in [7, 11) is -2.01. The van der Waals surface area contributed by atoms with Crippen molar-refractivity contribution in [1.29, 1.82) is 0 Å². The number of hydrogen-bond donors (Lipinski definition) is 2. The summed E-state index contributed by atoms with van der Waals surface area (Å²) in [5.41, 5.74) is 7.80. The third-order valence-corrected chi connectivity index (χ3v) is 8.63. The van der Waals surface area contributed by atoms with E-state index in [9.17, 15) is 8.42 Å². The van der Waals surface area contributed by atoms with Gasteiger partial charge in [-0.1, -0.05) is 55.8 Å². The van der Waals surface area contributed by atoms with Gasteiger partial charge in [0.05, 0.1) is 28.9 Å². The molecule has 4 atom stereocenters. The zero-order valence-electron chi connectivity index (χ0n) is 22.1. The van der Waals surface area contributed by atoms with Gasteiger partial charge in [-0.2, -0.15) is 0 Å². The minimum Gasteiger partial charge on any atom is -0.420 e. The van der Waals surface area contributed by atoms with Crippen molar-refractivity contribution in [3.8, 4) is 11.5 Å². The molecule has 1 saturated carbocycles. The van der Waals surface area contributed by atoms with E-state index in [2.05, 4.69) is 31.7 Å². The maximum Gasteiger partial charge on any atom is 0.249 e. The molecule has 4 unspecified atom stereocenters. The largest absolute Gasteiger partial charge is 0.420 e. The summed E-state index contributed by atoms with van der Waals surface area (Å²) in [5.74, 6) is 1.82. The van der Waals surface area contributed by atoms with E-state index < -0.39 is 10.0 Å². The molecule has 12 heteroatoms. The van der Waals surface area contributed by atoms with Crippen molar-refractivity contribution in [1.82, 2.24) is 15.2 Å². The second-order valence-electron chi connectivity index (χ2n) is 9.78. The van der Waals surface area contributed by atoms with Crippen molar-refractivity contribution in [2.45, 2.75) is 39.2 Å². The molecule has 4 rings (SSSR count). The number of nitrogens with zero attached hydrogens (tertiary/aromatic N) is 4. The van der Waals surface area contributed by atoms with Gasteiger partial charge in [0.2, 0.25) is 21.8 Å². The van der Waals surface area contributed by atoms with Gasteiger partial charge in [-0.15, -0.1) is 10.2 Å². The molecule has 10 nitrogen and oxygen atoms in total. The normalized spacial score (nSPS) is 18.7. The van der Waals surface area contributed by atoms with Crippen LogP contribution in [0.15, 0.2) is 40.8 Å². The highest BCUT2D eigenvalue weighted by molar-refractivity contribution is 7.92. The SMILES string of the molecule is CCS(=O)(=O)Nc1nc(N(CCOC)CC2CC2C)cc(-c2nnc(C(C)C(N)c3ccccc3)o2)c1Cl. The Bertz CT molecular complexity index is 1340. The van der Waals surface area contributed by atoms with Crippen LogP contribution in [0.1, 0.15) is 50.6 Å². The standard InChI is InChI=1S/C26H35ClN6O4S/c1-5-38(34,35)32-24-22(27)20(14-21(29-24)33(11-12-36-4)15-19-13-16(19)2)26-31-30-25(37-26)17(3)23(28)18-9-7-6-8-10-18/h6-10,14,16-17,19,23H,5,11-13,15,28H2,1-4H3,(H,29,32). The number of rotatable bonds is 13. The molecule has 2 heterocycles. The van der Waals surface area contributed by atoms with Gasteiger partial charge in [0, 0.05) is 26.2 Å². The third kappa shape index (κ3) is 6.63. The molecular formula is C26H35ClN6O4S. The predicted octanol–water partition coefficient (Wildman–Crippen LogP) is 4.46. The maximum atomic E-state index is 12.4. The predicted molar refractivity (Wildman–Crippen MR) is 149 cm³/mol. The Kier molecular flexibility index (Phi) is 8.92. The number of methoxy groups -OCH3 is 1. The average molecular weight is 563 g/mol. The maximum absolute atomic E-state index is 12.4. The van der Waals surface area contributed by atoms with E-state index in [-0.39, 0.29) is 34.4 Å². The van der Waals surface area contributed by atoms with Gasteiger partial charge in [0.25, 0.3) is 0 Å². The molecule has 0 bridgehead atoms. The van der Waals surface area contributed by atoms with Crippen LogP contribution in [0.2, 0.25) is 5.02 Å². The van der Waals surface area contributed by atoms with E-state index in [1.807, 2.05) is 37.3 Å². The first-order valence-electron chi connectivity index (χ1n) is 12.7. The van der Waals surface area contributed by atoms with E-state index in [4.69, 9.17) is 26.5 Å². The first-order chi connectivity index (χ1) is 18.1. The van der Waals surface area contributed by atoms with E-state index in [0.29, 0.717) is 42.3 Å². The van der Waals surface area contributed by atoms with Gasteiger partial charge in [-0.05, 0) is 36.8 Å². The molecule has 1 aromatic carbocycles. The van der Waals surface area contributed by atoms with Crippen LogP contribution in [0.4, 0.5) is 11.6 Å². The summed E-state index contributed by atoms with van der Waals surface area (Å²) >= 11 is 6.69. The highest BCUT2D eigenvalue weighted by Crippen LogP contribution is 2.41. The van der Waals surface area contributed by atoms with Crippen molar-refractivity contribution in [2.24, 2.45) is 17.6 Å². The van der Waals surface area contributed by atoms with Crippen LogP contribution in [-0.2, 0) is 14.8 Å². The molecule has 0 spiro atoms. The number of nitrogens with two attached hydrogens (primary N) is 1. The Morgan fingerprint density at radius 2 is 2.00 bits per heavy atom. The van der Waals surface area contributed by atoms with Crippen molar-refractivity contribution >= 4 is 33.3 Å². The lowest BCUT2D eigenvalue weighted by Crippen LogP contribution is -2.31. The molecular weight excluding hydrogens is 528 g/mol. The molecule has 3 aromatic rings. The summed E-state index contributed by atoms with van der Waals surface area (Å²) in [4.78, 5) is 6.67. The second-order valence-corrected chi connectivity index (χ2v) is 12.2. The monoisotopic (exact) mass is 562 g/mol. The van der Waals surface area contributed by atoms with Crippen LogP contribution >= 0.6 is 11.6 Å². The summed E-state index contributed by atoms with van der Waals surface area (Å²) in [6, 6.07) is 11.1. The van der Waals surface area contributed by atoms with Crippen LogP contribution < -0.4 is 15.4 Å². The lowest BCUT2D eigenvalue weighted by atomic mass is 9.95. The number of hydrogen-bond acceptors (Lipinski definition) is 9. The molecule has 206 valence electrons. The van der Waals surface area contributed by atoms with Crippen LogP contribution in [0, 0.1) is 11.8 Å². The Morgan fingerprint density at radius 3 is 2.63 bits per heavy atom. The Morgan fingerprint density at radius 1 is 1.29 bits per heavy atom. The minimum atomic E-state index is -3.65. The summed E-state index contributed by atoms with van der Waals surface area (Å²) in [6.45, 7) is 7.49. The van der Waals surface area contributed by atoms with Crippen LogP contribution in [-0.4, -0.2) is 56.2 Å². The fourth-order valence-electron chi connectivity index (χ4n) is 4.20. The molecule has 0 amide bonds. The Hall–Kier alpha value is -2.73. The molecule has 1 aliphatic rings. The zero-order chi connectivity index (χ0) is 27.4. The van der Waals surface area contributed by atoms with Gasteiger partial charge in [0.15, 0.2) is 5.82 Å². The molecule has 1 aliphatic carbocycles. The van der Waals surface area contributed by atoms with Crippen LogP contribution in [0.25, 0.3) is 11.5 Å². The lowest BCUT2D eigenvalue weighted by molar-refractivity contribution is 0.204. The highest BCUT2D eigenvalue weighted by atomic mass is 35.5. The number of nitrogens with one attached hydrogen (secondary N) is 1. The lowest BCUT2D eigenvalue weighted by Gasteiger charge is -2.25. The Labute approximate surface area is 229 Å². The van der Waals surface area contributed by atoms with Gasteiger partial charge < -0.3 is 19.8 Å². The smallest absolute Gasteiger partial charge is 0.249 e. The number of halogens is 1. The average Bonchev–Trinajstić information content (AvgIpc) is 3.39. The first kappa shape index (κ1) is 28.3. The second kappa shape index (κ2) is 12.0.